The smallest absolute Gasteiger partial charge is 0.206 e. The normalized spacial score (nSPS) is 10.7. The van der Waals surface area contributed by atoms with Gasteiger partial charge in [-0.2, -0.15) is 0 Å². The molecule has 0 unspecified atom stereocenters. The lowest BCUT2D eigenvalue weighted by Gasteiger charge is -2.08. The van der Waals surface area contributed by atoms with E-state index in [4.69, 9.17) is 19.2 Å². The quantitative estimate of drug-likeness (QED) is 0.291. The number of nitrogens with one attached hydrogen (secondary N) is 1. The fourth-order valence-electron chi connectivity index (χ4n) is 2.87. The van der Waals surface area contributed by atoms with Gasteiger partial charge in [-0.25, -0.2) is 4.98 Å². The minimum absolute atomic E-state index is 0.685. The fraction of sp³-hybridized carbons (Fsp3) is 0.227. The molecule has 0 fully saturated rings. The minimum atomic E-state index is 0.685. The first kappa shape index (κ1) is 22.4. The van der Waals surface area contributed by atoms with Gasteiger partial charge in [0, 0.05) is 23.2 Å². The summed E-state index contributed by atoms with van der Waals surface area (Å²) < 4.78 is 16.8. The predicted molar refractivity (Wildman–Crippen MR) is 130 cm³/mol. The van der Waals surface area contributed by atoms with Crippen LogP contribution in [-0.4, -0.2) is 36.5 Å². The first-order chi connectivity index (χ1) is 15.7. The number of nitrogens with zero attached hydrogens (tertiary/aromatic N) is 3. The summed E-state index contributed by atoms with van der Waals surface area (Å²) in [6.07, 6.45) is 0. The van der Waals surface area contributed by atoms with Crippen molar-refractivity contribution in [3.63, 3.8) is 0 Å². The van der Waals surface area contributed by atoms with E-state index in [9.17, 15) is 0 Å². The highest BCUT2D eigenvalue weighted by molar-refractivity contribution is 8.00. The van der Waals surface area contributed by atoms with Gasteiger partial charge in [-0.15, -0.1) is 21.5 Å². The van der Waals surface area contributed by atoms with Crippen molar-refractivity contribution in [2.45, 2.75) is 16.6 Å². The zero-order chi connectivity index (χ0) is 22.3. The number of anilines is 1. The van der Waals surface area contributed by atoms with Gasteiger partial charge in [0.1, 0.15) is 10.8 Å². The van der Waals surface area contributed by atoms with E-state index in [0.29, 0.717) is 18.0 Å². The van der Waals surface area contributed by atoms with Crippen molar-refractivity contribution in [2.75, 3.05) is 26.6 Å². The van der Waals surface area contributed by atoms with E-state index < -0.39 is 0 Å². The Kier molecular flexibility index (Phi) is 7.46. The molecule has 0 atom stereocenters. The number of methoxy groups -OCH3 is 3. The second kappa shape index (κ2) is 10.7. The Morgan fingerprint density at radius 1 is 0.938 bits per heavy atom. The average molecular weight is 487 g/mol. The minimum Gasteiger partial charge on any atom is -0.497 e. The van der Waals surface area contributed by atoms with E-state index in [1.54, 1.807) is 55.8 Å². The van der Waals surface area contributed by atoms with Crippen molar-refractivity contribution in [2.24, 2.45) is 0 Å². The second-order valence-corrected chi connectivity index (χ2v) is 9.64. The SMILES string of the molecule is COc1ccc(CNc2nnc(SCc3csc(-c4ccc(OC)c(OC)c4)n3)s2)cc1. The zero-order valence-corrected chi connectivity index (χ0v) is 20.3. The Balaban J connectivity index is 1.32. The Morgan fingerprint density at radius 2 is 1.75 bits per heavy atom. The highest BCUT2D eigenvalue weighted by atomic mass is 32.2. The number of ether oxygens (including phenoxy) is 3. The van der Waals surface area contributed by atoms with Crippen molar-refractivity contribution in [3.05, 3.63) is 59.1 Å². The maximum absolute atomic E-state index is 5.39. The van der Waals surface area contributed by atoms with Gasteiger partial charge < -0.3 is 19.5 Å². The molecule has 2 aromatic carbocycles. The molecule has 0 bridgehead atoms. The molecule has 4 aromatic rings. The van der Waals surface area contributed by atoms with Crippen molar-refractivity contribution in [1.82, 2.24) is 15.2 Å². The number of thioether (sulfide) groups is 1. The third-order valence-corrected chi connectivity index (χ3v) is 7.52. The highest BCUT2D eigenvalue weighted by Crippen LogP contribution is 2.35. The number of hydrogen-bond acceptors (Lipinski definition) is 10. The number of rotatable bonds is 10. The topological polar surface area (TPSA) is 78.4 Å². The van der Waals surface area contributed by atoms with Crippen molar-refractivity contribution < 1.29 is 14.2 Å². The van der Waals surface area contributed by atoms with Crippen LogP contribution in [0.1, 0.15) is 11.3 Å². The van der Waals surface area contributed by atoms with Gasteiger partial charge >= 0.3 is 0 Å². The summed E-state index contributed by atoms with van der Waals surface area (Å²) in [6, 6.07) is 13.8. The van der Waals surface area contributed by atoms with Crippen LogP contribution < -0.4 is 19.5 Å². The van der Waals surface area contributed by atoms with Gasteiger partial charge in [-0.3, -0.25) is 0 Å². The van der Waals surface area contributed by atoms with Crippen LogP contribution in [0.4, 0.5) is 5.13 Å². The molecular formula is C22H22N4O3S3. The maximum Gasteiger partial charge on any atom is 0.206 e. The zero-order valence-electron chi connectivity index (χ0n) is 17.8. The molecule has 0 saturated heterocycles. The van der Waals surface area contributed by atoms with Crippen LogP contribution >= 0.6 is 34.4 Å². The summed E-state index contributed by atoms with van der Waals surface area (Å²) >= 11 is 4.78. The van der Waals surface area contributed by atoms with E-state index in [2.05, 4.69) is 20.9 Å². The van der Waals surface area contributed by atoms with Crippen molar-refractivity contribution in [3.8, 4) is 27.8 Å². The maximum atomic E-state index is 5.39. The lowest BCUT2D eigenvalue weighted by Crippen LogP contribution is -1.98. The van der Waals surface area contributed by atoms with Gasteiger partial charge in [-0.05, 0) is 35.9 Å². The van der Waals surface area contributed by atoms with E-state index >= 15 is 0 Å². The third-order valence-electron chi connectivity index (χ3n) is 4.54. The molecule has 0 saturated carbocycles. The molecule has 4 rings (SSSR count). The van der Waals surface area contributed by atoms with E-state index in [1.807, 2.05) is 42.5 Å². The van der Waals surface area contributed by atoms with Crippen LogP contribution in [0, 0.1) is 0 Å². The molecule has 0 radical (unpaired) electrons. The molecule has 0 spiro atoms. The third kappa shape index (κ3) is 5.50. The lowest BCUT2D eigenvalue weighted by molar-refractivity contribution is 0.355. The molecule has 2 aromatic heterocycles. The van der Waals surface area contributed by atoms with Gasteiger partial charge in [0.2, 0.25) is 5.13 Å². The molecule has 0 aliphatic carbocycles. The second-order valence-electron chi connectivity index (χ2n) is 6.58. The summed E-state index contributed by atoms with van der Waals surface area (Å²) in [5, 5.41) is 15.6. The first-order valence-corrected chi connectivity index (χ1v) is 12.4. The molecule has 0 amide bonds. The van der Waals surface area contributed by atoms with Crippen LogP contribution in [0.2, 0.25) is 0 Å². The van der Waals surface area contributed by atoms with E-state index in [-0.39, 0.29) is 0 Å². The Hall–Kier alpha value is -2.82. The van der Waals surface area contributed by atoms with E-state index in [0.717, 1.165) is 42.8 Å². The summed E-state index contributed by atoms with van der Waals surface area (Å²) in [7, 11) is 4.92. The number of thiazole rings is 1. The van der Waals surface area contributed by atoms with Gasteiger partial charge in [0.25, 0.3) is 0 Å². The fourth-order valence-corrected chi connectivity index (χ4v) is 5.43. The van der Waals surface area contributed by atoms with Gasteiger partial charge in [0.05, 0.1) is 27.0 Å². The molecule has 1 N–H and O–H groups in total. The molecule has 2 heterocycles. The van der Waals surface area contributed by atoms with Crippen LogP contribution in [0.5, 0.6) is 17.2 Å². The standard InChI is InChI=1S/C22H22N4O3S3/c1-27-17-7-4-14(5-8-17)11-23-21-25-26-22(32-21)31-13-16-12-30-20(24-16)15-6-9-18(28-2)19(10-15)29-3/h4-10,12H,11,13H2,1-3H3,(H,23,25). The first-order valence-electron chi connectivity index (χ1n) is 9.68. The number of benzene rings is 2. The largest absolute Gasteiger partial charge is 0.497 e. The molecule has 0 aliphatic rings. The Bertz CT molecular complexity index is 1160. The molecule has 0 aliphatic heterocycles. The van der Waals surface area contributed by atoms with Crippen molar-refractivity contribution in [1.29, 1.82) is 0 Å². The summed E-state index contributed by atoms with van der Waals surface area (Å²) in [5.74, 6) is 2.98. The predicted octanol–water partition coefficient (Wildman–Crippen LogP) is 5.59. The summed E-state index contributed by atoms with van der Waals surface area (Å²) in [4.78, 5) is 4.76. The van der Waals surface area contributed by atoms with Gasteiger partial charge in [0.15, 0.2) is 15.8 Å². The molecular weight excluding hydrogens is 464 g/mol. The highest BCUT2D eigenvalue weighted by Gasteiger charge is 2.11. The van der Waals surface area contributed by atoms with Gasteiger partial charge in [-0.1, -0.05) is 35.2 Å². The van der Waals surface area contributed by atoms with E-state index in [1.165, 1.54) is 0 Å². The average Bonchev–Trinajstić information content (AvgIpc) is 3.51. The molecule has 166 valence electrons. The molecule has 32 heavy (non-hydrogen) atoms. The van der Waals surface area contributed by atoms with Crippen LogP contribution in [0.3, 0.4) is 0 Å². The number of aromatic nitrogens is 3. The van der Waals surface area contributed by atoms with Crippen LogP contribution in [0.15, 0.2) is 52.2 Å². The molecule has 10 heteroatoms. The number of hydrogen-bond donors (Lipinski definition) is 1. The molecule has 7 nitrogen and oxygen atoms in total. The Labute approximate surface area is 198 Å². The van der Waals surface area contributed by atoms with Crippen molar-refractivity contribution >= 4 is 39.6 Å². The monoisotopic (exact) mass is 486 g/mol. The summed E-state index contributed by atoms with van der Waals surface area (Å²) in [6.45, 7) is 0.685. The van der Waals surface area contributed by atoms with Crippen LogP contribution in [0.25, 0.3) is 10.6 Å². The summed E-state index contributed by atoms with van der Waals surface area (Å²) in [5.41, 5.74) is 3.16. The lowest BCUT2D eigenvalue weighted by atomic mass is 10.2. The van der Waals surface area contributed by atoms with Crippen LogP contribution in [-0.2, 0) is 12.3 Å². The Morgan fingerprint density at radius 3 is 2.50 bits per heavy atom.